The van der Waals surface area contributed by atoms with Crippen LogP contribution in [0.4, 0.5) is 0 Å². The standard InChI is InChI=1S/C16H28N6O/c1-13(11-21-8-2-3-9-21)10-18-16(23)15-12-22(20-19-15)14-4-6-17-7-5-14/h12-14,17H,2-11H2,1H3,(H,18,23). The van der Waals surface area contributed by atoms with Gasteiger partial charge in [-0.25, -0.2) is 4.68 Å². The summed E-state index contributed by atoms with van der Waals surface area (Å²) in [4.78, 5) is 14.7. The van der Waals surface area contributed by atoms with Crippen molar-refractivity contribution in [2.24, 2.45) is 5.92 Å². The van der Waals surface area contributed by atoms with Gasteiger partial charge in [-0.15, -0.1) is 5.10 Å². The molecule has 2 aliphatic rings. The Kier molecular flexibility index (Phi) is 5.61. The van der Waals surface area contributed by atoms with Crippen LogP contribution < -0.4 is 10.6 Å². The molecule has 0 aromatic carbocycles. The molecule has 0 bridgehead atoms. The maximum atomic E-state index is 12.2. The fourth-order valence-corrected chi connectivity index (χ4v) is 3.46. The highest BCUT2D eigenvalue weighted by molar-refractivity contribution is 5.91. The molecule has 0 radical (unpaired) electrons. The molecule has 2 N–H and O–H groups in total. The van der Waals surface area contributed by atoms with Gasteiger partial charge in [0.05, 0.1) is 12.2 Å². The molecule has 3 heterocycles. The molecule has 3 rings (SSSR count). The summed E-state index contributed by atoms with van der Waals surface area (Å²) in [5.74, 6) is 0.343. The summed E-state index contributed by atoms with van der Waals surface area (Å²) >= 11 is 0. The van der Waals surface area contributed by atoms with Crippen LogP contribution in [0.25, 0.3) is 0 Å². The summed E-state index contributed by atoms with van der Waals surface area (Å²) in [7, 11) is 0. The number of nitrogens with zero attached hydrogens (tertiary/aromatic N) is 4. The molecule has 7 nitrogen and oxygen atoms in total. The van der Waals surface area contributed by atoms with Crippen LogP contribution in [0.1, 0.15) is 49.1 Å². The molecule has 0 aliphatic carbocycles. The zero-order valence-corrected chi connectivity index (χ0v) is 14.0. The first-order valence-corrected chi connectivity index (χ1v) is 8.85. The van der Waals surface area contributed by atoms with E-state index >= 15 is 0 Å². The maximum absolute atomic E-state index is 12.2. The number of amides is 1. The minimum absolute atomic E-state index is 0.113. The van der Waals surface area contributed by atoms with Gasteiger partial charge in [-0.3, -0.25) is 4.79 Å². The molecule has 0 spiro atoms. The van der Waals surface area contributed by atoms with Crippen molar-refractivity contribution in [1.29, 1.82) is 0 Å². The molecule has 2 fully saturated rings. The van der Waals surface area contributed by atoms with E-state index in [9.17, 15) is 4.79 Å². The van der Waals surface area contributed by atoms with Crippen molar-refractivity contribution in [2.45, 2.75) is 38.6 Å². The lowest BCUT2D eigenvalue weighted by Crippen LogP contribution is -2.34. The summed E-state index contributed by atoms with van der Waals surface area (Å²) in [6.07, 6.45) is 6.47. The summed E-state index contributed by atoms with van der Waals surface area (Å²) in [6, 6.07) is 0.361. The van der Waals surface area contributed by atoms with Gasteiger partial charge < -0.3 is 15.5 Å². The van der Waals surface area contributed by atoms with Crippen LogP contribution in [0, 0.1) is 5.92 Å². The predicted molar refractivity (Wildman–Crippen MR) is 88.3 cm³/mol. The molecule has 1 unspecified atom stereocenters. The summed E-state index contributed by atoms with van der Waals surface area (Å²) in [5.41, 5.74) is 0.428. The number of piperidine rings is 1. The molecule has 1 atom stereocenters. The molecular formula is C16H28N6O. The van der Waals surface area contributed by atoms with Gasteiger partial charge in [-0.1, -0.05) is 12.1 Å². The SMILES string of the molecule is CC(CNC(=O)c1cn(C2CCNCC2)nn1)CN1CCCC1. The van der Waals surface area contributed by atoms with Crippen molar-refractivity contribution in [1.82, 2.24) is 30.5 Å². The van der Waals surface area contributed by atoms with E-state index in [-0.39, 0.29) is 5.91 Å². The third-order valence-electron chi connectivity index (χ3n) is 4.81. The number of hydrogen-bond acceptors (Lipinski definition) is 5. The largest absolute Gasteiger partial charge is 0.350 e. The van der Waals surface area contributed by atoms with E-state index in [1.165, 1.54) is 25.9 Å². The topological polar surface area (TPSA) is 75.1 Å². The molecule has 2 saturated heterocycles. The van der Waals surface area contributed by atoms with E-state index in [4.69, 9.17) is 0 Å². The molecule has 23 heavy (non-hydrogen) atoms. The number of carbonyl (C=O) groups is 1. The van der Waals surface area contributed by atoms with E-state index in [1.54, 1.807) is 6.20 Å². The minimum Gasteiger partial charge on any atom is -0.350 e. The zero-order valence-electron chi connectivity index (χ0n) is 14.0. The van der Waals surface area contributed by atoms with Gasteiger partial charge in [-0.2, -0.15) is 0 Å². The Morgan fingerprint density at radius 3 is 2.87 bits per heavy atom. The molecular weight excluding hydrogens is 292 g/mol. The zero-order chi connectivity index (χ0) is 16.1. The van der Waals surface area contributed by atoms with Gasteiger partial charge >= 0.3 is 0 Å². The predicted octanol–water partition coefficient (Wildman–Crippen LogP) is 0.664. The van der Waals surface area contributed by atoms with Crippen molar-refractivity contribution in [2.75, 3.05) is 39.3 Å². The highest BCUT2D eigenvalue weighted by Crippen LogP contribution is 2.17. The van der Waals surface area contributed by atoms with Gasteiger partial charge in [0.25, 0.3) is 5.91 Å². The normalized spacial score (nSPS) is 21.4. The fraction of sp³-hybridized carbons (Fsp3) is 0.812. The summed E-state index contributed by atoms with van der Waals surface area (Å²) in [6.45, 7) is 8.33. The minimum atomic E-state index is -0.113. The van der Waals surface area contributed by atoms with Gasteiger partial charge in [-0.05, 0) is 57.8 Å². The number of carbonyl (C=O) groups excluding carboxylic acids is 1. The molecule has 1 aromatic rings. The van der Waals surface area contributed by atoms with Crippen molar-refractivity contribution in [3.05, 3.63) is 11.9 Å². The number of rotatable bonds is 6. The number of nitrogens with one attached hydrogen (secondary N) is 2. The lowest BCUT2D eigenvalue weighted by atomic mass is 10.1. The van der Waals surface area contributed by atoms with E-state index in [0.29, 0.717) is 24.2 Å². The summed E-state index contributed by atoms with van der Waals surface area (Å²) in [5, 5.41) is 14.5. The van der Waals surface area contributed by atoms with Crippen molar-refractivity contribution >= 4 is 5.91 Å². The van der Waals surface area contributed by atoms with E-state index in [2.05, 4.69) is 32.8 Å². The number of aromatic nitrogens is 3. The average molecular weight is 320 g/mol. The van der Waals surface area contributed by atoms with Crippen LogP contribution in [0.5, 0.6) is 0 Å². The van der Waals surface area contributed by atoms with Gasteiger partial charge in [0.2, 0.25) is 0 Å². The van der Waals surface area contributed by atoms with Crippen LogP contribution in [0.2, 0.25) is 0 Å². The Labute approximate surface area is 137 Å². The third-order valence-corrected chi connectivity index (χ3v) is 4.81. The second-order valence-electron chi connectivity index (χ2n) is 6.89. The highest BCUT2D eigenvalue weighted by atomic mass is 16.2. The summed E-state index contributed by atoms with van der Waals surface area (Å²) < 4.78 is 1.85. The Morgan fingerprint density at radius 2 is 2.13 bits per heavy atom. The first-order valence-electron chi connectivity index (χ1n) is 8.85. The molecule has 1 aromatic heterocycles. The van der Waals surface area contributed by atoms with Crippen molar-refractivity contribution < 1.29 is 4.79 Å². The molecule has 7 heteroatoms. The van der Waals surface area contributed by atoms with Crippen LogP contribution in [-0.2, 0) is 0 Å². The Balaban J connectivity index is 1.45. The quantitative estimate of drug-likeness (QED) is 0.805. The van der Waals surface area contributed by atoms with Gasteiger partial charge in [0.15, 0.2) is 5.69 Å². The van der Waals surface area contributed by atoms with Crippen LogP contribution in [-0.4, -0.2) is 65.1 Å². The molecule has 2 aliphatic heterocycles. The average Bonchev–Trinajstić information content (AvgIpc) is 3.25. The van der Waals surface area contributed by atoms with Crippen LogP contribution >= 0.6 is 0 Å². The smallest absolute Gasteiger partial charge is 0.273 e. The number of likely N-dealkylation sites (tertiary alicyclic amines) is 1. The molecule has 1 amide bonds. The van der Waals surface area contributed by atoms with E-state index in [1.807, 2.05) is 4.68 Å². The van der Waals surface area contributed by atoms with Crippen molar-refractivity contribution in [3.8, 4) is 0 Å². The lowest BCUT2D eigenvalue weighted by Gasteiger charge is -2.22. The van der Waals surface area contributed by atoms with Gasteiger partial charge in [0.1, 0.15) is 0 Å². The Bertz CT molecular complexity index is 504. The Morgan fingerprint density at radius 1 is 1.39 bits per heavy atom. The van der Waals surface area contributed by atoms with Gasteiger partial charge in [0, 0.05) is 13.1 Å². The first-order chi connectivity index (χ1) is 11.2. The van der Waals surface area contributed by atoms with Crippen LogP contribution in [0.15, 0.2) is 6.20 Å². The van der Waals surface area contributed by atoms with E-state index in [0.717, 1.165) is 32.5 Å². The lowest BCUT2D eigenvalue weighted by molar-refractivity contribution is 0.0940. The molecule has 0 saturated carbocycles. The number of hydrogen-bond donors (Lipinski definition) is 2. The fourth-order valence-electron chi connectivity index (χ4n) is 3.46. The van der Waals surface area contributed by atoms with E-state index < -0.39 is 0 Å². The van der Waals surface area contributed by atoms with Crippen molar-refractivity contribution in [3.63, 3.8) is 0 Å². The molecule has 128 valence electrons. The third kappa shape index (κ3) is 4.51. The highest BCUT2D eigenvalue weighted by Gasteiger charge is 2.19. The second kappa shape index (κ2) is 7.88. The second-order valence-corrected chi connectivity index (χ2v) is 6.89. The maximum Gasteiger partial charge on any atom is 0.273 e. The van der Waals surface area contributed by atoms with Crippen LogP contribution in [0.3, 0.4) is 0 Å². The first kappa shape index (κ1) is 16.4. The Hall–Kier alpha value is -1.47. The monoisotopic (exact) mass is 320 g/mol.